The lowest BCUT2D eigenvalue weighted by Gasteiger charge is -2.31. The van der Waals surface area contributed by atoms with Crippen molar-refractivity contribution in [2.24, 2.45) is 5.92 Å². The molecule has 2 aliphatic heterocycles. The van der Waals surface area contributed by atoms with Crippen LogP contribution in [0.15, 0.2) is 64.4 Å². The summed E-state index contributed by atoms with van der Waals surface area (Å²) < 4.78 is 6.45. The molecule has 3 atom stereocenters. The standard InChI is InChI=1S/C26H25N3O5S2/c1-4-34-18(30)14-28-25-22(36-26(28)33)19(15-10-12-16(13-11-15)27(2)3)20-21(35-25)24(32)29(23(20)31)17-8-6-5-7-9-17/h5-13,19-21H,4,14H2,1-3H3/t19-,20-,21+/m0/s1. The van der Waals surface area contributed by atoms with Gasteiger partial charge in [0, 0.05) is 30.6 Å². The van der Waals surface area contributed by atoms with Gasteiger partial charge in [-0.15, -0.1) is 0 Å². The number of amides is 2. The van der Waals surface area contributed by atoms with Crippen molar-refractivity contribution in [2.75, 3.05) is 30.5 Å². The molecule has 2 amide bonds. The van der Waals surface area contributed by atoms with Gasteiger partial charge in [-0.3, -0.25) is 23.7 Å². The van der Waals surface area contributed by atoms with Gasteiger partial charge in [0.15, 0.2) is 0 Å². The molecule has 1 aromatic heterocycles. The summed E-state index contributed by atoms with van der Waals surface area (Å²) in [4.78, 5) is 56.3. The normalized spacial score (nSPS) is 20.8. The number of hydrogen-bond donors (Lipinski definition) is 0. The van der Waals surface area contributed by atoms with Crippen molar-refractivity contribution in [1.82, 2.24) is 4.57 Å². The van der Waals surface area contributed by atoms with Gasteiger partial charge in [0.2, 0.25) is 11.8 Å². The third-order valence-electron chi connectivity index (χ3n) is 6.42. The Hall–Kier alpha value is -3.37. The molecule has 1 saturated heterocycles. The van der Waals surface area contributed by atoms with Crippen LogP contribution in [-0.2, 0) is 25.7 Å². The van der Waals surface area contributed by atoms with Gasteiger partial charge in [-0.25, -0.2) is 4.90 Å². The van der Waals surface area contributed by atoms with E-state index in [1.54, 1.807) is 31.2 Å². The number of carbonyl (C=O) groups excluding carboxylic acids is 3. The number of anilines is 2. The molecule has 36 heavy (non-hydrogen) atoms. The zero-order valence-electron chi connectivity index (χ0n) is 20.0. The first-order valence-corrected chi connectivity index (χ1v) is 13.3. The van der Waals surface area contributed by atoms with E-state index < -0.39 is 23.1 Å². The number of esters is 1. The summed E-state index contributed by atoms with van der Waals surface area (Å²) in [6.07, 6.45) is 0. The third-order valence-corrected chi connectivity index (χ3v) is 9.03. The molecule has 0 N–H and O–H groups in total. The topological polar surface area (TPSA) is 88.9 Å². The SMILES string of the molecule is CCOC(=O)Cn1c2c(sc1=O)[C@@H](c1ccc(N(C)C)cc1)[C@@H]1C(=O)N(c3ccccc3)C(=O)[C@@H]1S2. The number of thiazole rings is 1. The first-order chi connectivity index (χ1) is 17.3. The van der Waals surface area contributed by atoms with Gasteiger partial charge < -0.3 is 9.64 Å². The number of benzene rings is 2. The summed E-state index contributed by atoms with van der Waals surface area (Å²) in [5, 5.41) is -0.164. The Morgan fingerprint density at radius 2 is 1.69 bits per heavy atom. The van der Waals surface area contributed by atoms with Crippen LogP contribution in [0.2, 0.25) is 0 Å². The Bertz CT molecular complexity index is 1380. The molecule has 3 heterocycles. The third kappa shape index (κ3) is 4.04. The van der Waals surface area contributed by atoms with Crippen molar-refractivity contribution >= 4 is 52.3 Å². The van der Waals surface area contributed by atoms with Crippen LogP contribution < -0.4 is 14.7 Å². The Balaban J connectivity index is 1.64. The molecule has 0 spiro atoms. The number of imide groups is 1. The number of thioether (sulfide) groups is 1. The van der Waals surface area contributed by atoms with Crippen LogP contribution in [0.4, 0.5) is 11.4 Å². The van der Waals surface area contributed by atoms with Crippen LogP contribution in [0, 0.1) is 5.92 Å². The van der Waals surface area contributed by atoms with Crippen molar-refractivity contribution < 1.29 is 19.1 Å². The maximum absolute atomic E-state index is 13.8. The maximum Gasteiger partial charge on any atom is 0.326 e. The minimum atomic E-state index is -0.717. The van der Waals surface area contributed by atoms with Gasteiger partial charge >= 0.3 is 10.8 Å². The summed E-state index contributed by atoms with van der Waals surface area (Å²) >= 11 is 2.22. The molecule has 0 unspecified atom stereocenters. The minimum absolute atomic E-state index is 0.206. The van der Waals surface area contributed by atoms with E-state index in [0.717, 1.165) is 22.6 Å². The number of fused-ring (bicyclic) bond motifs is 2. The first-order valence-electron chi connectivity index (χ1n) is 11.6. The van der Waals surface area contributed by atoms with E-state index in [1.807, 2.05) is 49.3 Å². The molecular weight excluding hydrogens is 498 g/mol. The van der Waals surface area contributed by atoms with Crippen LogP contribution in [-0.4, -0.2) is 48.3 Å². The van der Waals surface area contributed by atoms with Crippen LogP contribution in [0.5, 0.6) is 0 Å². The fourth-order valence-electron chi connectivity index (χ4n) is 4.76. The number of aromatic nitrogens is 1. The van der Waals surface area contributed by atoms with Crippen molar-refractivity contribution in [3.63, 3.8) is 0 Å². The monoisotopic (exact) mass is 523 g/mol. The number of nitrogens with zero attached hydrogens (tertiary/aromatic N) is 3. The van der Waals surface area contributed by atoms with Gasteiger partial charge in [0.05, 0.1) is 23.2 Å². The minimum Gasteiger partial charge on any atom is -0.465 e. The molecule has 186 valence electrons. The van der Waals surface area contributed by atoms with E-state index in [-0.39, 0.29) is 29.8 Å². The Morgan fingerprint density at radius 3 is 2.33 bits per heavy atom. The first kappa shape index (κ1) is 24.3. The van der Waals surface area contributed by atoms with Crippen molar-refractivity contribution in [2.45, 2.75) is 29.7 Å². The predicted octanol–water partition coefficient (Wildman–Crippen LogP) is 3.33. The van der Waals surface area contributed by atoms with E-state index in [1.165, 1.54) is 21.2 Å². The molecule has 3 aromatic rings. The molecular formula is C26H25N3O5S2. The quantitative estimate of drug-likeness (QED) is 0.362. The smallest absolute Gasteiger partial charge is 0.326 e. The van der Waals surface area contributed by atoms with Gasteiger partial charge in [-0.2, -0.15) is 0 Å². The van der Waals surface area contributed by atoms with Gasteiger partial charge in [-0.1, -0.05) is 53.4 Å². The molecule has 2 aliphatic rings. The van der Waals surface area contributed by atoms with Crippen LogP contribution in [0.25, 0.3) is 0 Å². The van der Waals surface area contributed by atoms with E-state index in [9.17, 15) is 19.2 Å². The van der Waals surface area contributed by atoms with E-state index in [4.69, 9.17) is 4.74 Å². The van der Waals surface area contributed by atoms with Gasteiger partial charge in [0.25, 0.3) is 0 Å². The second-order valence-electron chi connectivity index (χ2n) is 8.80. The Morgan fingerprint density at radius 1 is 1.00 bits per heavy atom. The number of hydrogen-bond acceptors (Lipinski definition) is 8. The molecule has 0 radical (unpaired) electrons. The second-order valence-corrected chi connectivity index (χ2v) is 10.9. The fourth-order valence-corrected chi connectivity index (χ4v) is 7.53. The largest absolute Gasteiger partial charge is 0.465 e. The zero-order chi connectivity index (χ0) is 25.6. The van der Waals surface area contributed by atoms with Crippen LogP contribution in [0.3, 0.4) is 0 Å². The van der Waals surface area contributed by atoms with E-state index in [0.29, 0.717) is 15.6 Å². The molecule has 8 nitrogen and oxygen atoms in total. The van der Waals surface area contributed by atoms with E-state index in [2.05, 4.69) is 0 Å². The maximum atomic E-state index is 13.8. The summed E-state index contributed by atoms with van der Waals surface area (Å²) in [7, 11) is 3.89. The van der Waals surface area contributed by atoms with Crippen molar-refractivity contribution in [3.8, 4) is 0 Å². The van der Waals surface area contributed by atoms with Crippen LogP contribution in [0.1, 0.15) is 23.3 Å². The highest BCUT2D eigenvalue weighted by Crippen LogP contribution is 2.53. The zero-order valence-corrected chi connectivity index (χ0v) is 21.7. The number of rotatable bonds is 6. The highest BCUT2D eigenvalue weighted by Gasteiger charge is 2.56. The Kier molecular flexibility index (Phi) is 6.48. The molecule has 0 saturated carbocycles. The highest BCUT2D eigenvalue weighted by atomic mass is 32.2. The molecule has 0 aliphatic carbocycles. The lowest BCUT2D eigenvalue weighted by Crippen LogP contribution is -2.32. The molecule has 10 heteroatoms. The molecule has 0 bridgehead atoms. The van der Waals surface area contributed by atoms with Crippen molar-refractivity contribution in [3.05, 3.63) is 74.7 Å². The van der Waals surface area contributed by atoms with Gasteiger partial charge in [0.1, 0.15) is 11.8 Å². The number of carbonyl (C=O) groups is 3. The fraction of sp³-hybridized carbons (Fsp3) is 0.308. The van der Waals surface area contributed by atoms with Crippen LogP contribution >= 0.6 is 23.1 Å². The van der Waals surface area contributed by atoms with Crippen molar-refractivity contribution in [1.29, 1.82) is 0 Å². The molecule has 5 rings (SSSR count). The number of para-hydroxylation sites is 1. The Labute approximate surface area is 216 Å². The van der Waals surface area contributed by atoms with E-state index >= 15 is 0 Å². The lowest BCUT2D eigenvalue weighted by atomic mass is 9.83. The summed E-state index contributed by atoms with van der Waals surface area (Å²) in [6.45, 7) is 1.68. The highest BCUT2D eigenvalue weighted by molar-refractivity contribution is 8.00. The predicted molar refractivity (Wildman–Crippen MR) is 140 cm³/mol. The molecule has 2 aromatic carbocycles. The summed E-state index contributed by atoms with van der Waals surface area (Å²) in [6, 6.07) is 16.7. The average molecular weight is 524 g/mol. The number of ether oxygens (including phenoxy) is 1. The summed E-state index contributed by atoms with van der Waals surface area (Å²) in [5.41, 5.74) is 2.36. The molecule has 1 fully saturated rings. The lowest BCUT2D eigenvalue weighted by molar-refractivity contribution is -0.144. The second kappa shape index (κ2) is 9.59. The average Bonchev–Trinajstić information content (AvgIpc) is 3.31. The van der Waals surface area contributed by atoms with Gasteiger partial charge in [-0.05, 0) is 36.8 Å². The summed E-state index contributed by atoms with van der Waals surface area (Å²) in [5.74, 6) is -2.28.